The molecule has 0 saturated heterocycles. The smallest absolute Gasteiger partial charge is 0.315 e. The average Bonchev–Trinajstić information content (AvgIpc) is 2.26. The number of nitrogens with one attached hydrogen (secondary N) is 2. The van der Waals surface area contributed by atoms with E-state index in [0.29, 0.717) is 5.56 Å². The zero-order valence-electron chi connectivity index (χ0n) is 9.49. The molecule has 4 nitrogen and oxygen atoms in total. The molecular formula is C12H16N2O2. The van der Waals surface area contributed by atoms with E-state index in [1.54, 1.807) is 24.3 Å². The Balaban J connectivity index is 2.39. The first-order chi connectivity index (χ1) is 7.59. The van der Waals surface area contributed by atoms with Crippen LogP contribution in [0, 0.1) is 0 Å². The molecule has 1 aromatic rings. The van der Waals surface area contributed by atoms with Crippen molar-refractivity contribution in [1.29, 1.82) is 0 Å². The largest absolute Gasteiger partial charge is 0.336 e. The van der Waals surface area contributed by atoms with Crippen molar-refractivity contribution < 1.29 is 9.59 Å². The molecule has 0 aliphatic carbocycles. The lowest BCUT2D eigenvalue weighted by molar-refractivity contribution is 0.0992. The van der Waals surface area contributed by atoms with Crippen LogP contribution < -0.4 is 10.6 Å². The number of urea groups is 1. The first kappa shape index (κ1) is 12.2. The van der Waals surface area contributed by atoms with Crippen molar-refractivity contribution in [2.75, 3.05) is 6.54 Å². The summed E-state index contributed by atoms with van der Waals surface area (Å²) < 4.78 is 0. The van der Waals surface area contributed by atoms with Crippen molar-refractivity contribution in [2.45, 2.75) is 19.9 Å². The third kappa shape index (κ3) is 4.13. The second kappa shape index (κ2) is 5.90. The Morgan fingerprint density at radius 1 is 1.19 bits per heavy atom. The molecule has 1 aromatic carbocycles. The molecule has 1 rings (SSSR count). The zero-order valence-corrected chi connectivity index (χ0v) is 9.49. The van der Waals surface area contributed by atoms with Gasteiger partial charge < -0.3 is 10.6 Å². The molecule has 0 spiro atoms. The lowest BCUT2D eigenvalue weighted by atomic mass is 10.1. The molecule has 0 saturated carbocycles. The van der Waals surface area contributed by atoms with Crippen LogP contribution in [0.3, 0.4) is 0 Å². The van der Waals surface area contributed by atoms with E-state index in [4.69, 9.17) is 0 Å². The maximum atomic E-state index is 11.6. The van der Waals surface area contributed by atoms with Gasteiger partial charge in [0, 0.05) is 11.6 Å². The summed E-state index contributed by atoms with van der Waals surface area (Å²) in [4.78, 5) is 22.8. The molecule has 0 heterocycles. The minimum absolute atomic E-state index is 0.0164. The van der Waals surface area contributed by atoms with E-state index in [-0.39, 0.29) is 24.4 Å². The number of benzene rings is 1. The fourth-order valence-electron chi connectivity index (χ4n) is 1.20. The van der Waals surface area contributed by atoms with Crippen LogP contribution in [0.5, 0.6) is 0 Å². The summed E-state index contributed by atoms with van der Waals surface area (Å²) in [7, 11) is 0. The number of Topliss-reactive ketones (excluding diaryl/α,β-unsaturated/α-hetero) is 1. The van der Waals surface area contributed by atoms with Crippen molar-refractivity contribution in [1.82, 2.24) is 10.6 Å². The van der Waals surface area contributed by atoms with Crippen molar-refractivity contribution in [3.8, 4) is 0 Å². The van der Waals surface area contributed by atoms with Crippen molar-refractivity contribution >= 4 is 11.8 Å². The molecule has 0 radical (unpaired) electrons. The van der Waals surface area contributed by atoms with Crippen molar-refractivity contribution in [3.05, 3.63) is 35.9 Å². The first-order valence-electron chi connectivity index (χ1n) is 5.22. The lowest BCUT2D eigenvalue weighted by Crippen LogP contribution is -2.41. The molecule has 0 aliphatic heterocycles. The molecule has 0 fully saturated rings. The highest BCUT2D eigenvalue weighted by molar-refractivity contribution is 5.99. The van der Waals surface area contributed by atoms with Crippen LogP contribution in [0.25, 0.3) is 0 Å². The van der Waals surface area contributed by atoms with Gasteiger partial charge in [-0.3, -0.25) is 4.79 Å². The third-order valence-electron chi connectivity index (χ3n) is 1.93. The number of amides is 2. The first-order valence-corrected chi connectivity index (χ1v) is 5.22. The summed E-state index contributed by atoms with van der Waals surface area (Å²) in [5.74, 6) is -0.0977. The summed E-state index contributed by atoms with van der Waals surface area (Å²) in [6, 6.07) is 8.62. The monoisotopic (exact) mass is 220 g/mol. The Hall–Kier alpha value is -1.84. The normalized spacial score (nSPS) is 9.94. The molecule has 2 N–H and O–H groups in total. The van der Waals surface area contributed by atoms with Crippen LogP contribution in [0.4, 0.5) is 4.79 Å². The predicted molar refractivity (Wildman–Crippen MR) is 62.4 cm³/mol. The second-order valence-electron chi connectivity index (χ2n) is 3.77. The second-order valence-corrected chi connectivity index (χ2v) is 3.77. The fraction of sp³-hybridized carbons (Fsp3) is 0.333. The van der Waals surface area contributed by atoms with Gasteiger partial charge in [0.05, 0.1) is 6.54 Å². The molecular weight excluding hydrogens is 204 g/mol. The van der Waals surface area contributed by atoms with Crippen LogP contribution in [-0.2, 0) is 0 Å². The third-order valence-corrected chi connectivity index (χ3v) is 1.93. The minimum atomic E-state index is -0.320. The molecule has 16 heavy (non-hydrogen) atoms. The number of rotatable bonds is 4. The van der Waals surface area contributed by atoms with Gasteiger partial charge >= 0.3 is 6.03 Å². The zero-order chi connectivity index (χ0) is 12.0. The Morgan fingerprint density at radius 3 is 2.38 bits per heavy atom. The van der Waals surface area contributed by atoms with Gasteiger partial charge in [-0.05, 0) is 13.8 Å². The molecule has 0 atom stereocenters. The SMILES string of the molecule is CC(C)NC(=O)NCC(=O)c1ccccc1. The van der Waals surface area contributed by atoms with Gasteiger partial charge in [-0.15, -0.1) is 0 Å². The van der Waals surface area contributed by atoms with E-state index in [1.807, 2.05) is 19.9 Å². The number of carbonyl (C=O) groups excluding carboxylic acids is 2. The quantitative estimate of drug-likeness (QED) is 0.757. The highest BCUT2D eigenvalue weighted by Crippen LogP contribution is 1.98. The molecule has 2 amide bonds. The topological polar surface area (TPSA) is 58.2 Å². The van der Waals surface area contributed by atoms with E-state index in [0.717, 1.165) is 0 Å². The van der Waals surface area contributed by atoms with E-state index in [1.165, 1.54) is 0 Å². The maximum Gasteiger partial charge on any atom is 0.315 e. The Bertz CT molecular complexity index is 361. The van der Waals surface area contributed by atoms with Gasteiger partial charge in [0.1, 0.15) is 0 Å². The van der Waals surface area contributed by atoms with Crippen LogP contribution >= 0.6 is 0 Å². The van der Waals surface area contributed by atoms with E-state index in [9.17, 15) is 9.59 Å². The number of ketones is 1. The van der Waals surface area contributed by atoms with Gasteiger partial charge in [-0.25, -0.2) is 4.79 Å². The summed E-state index contributed by atoms with van der Waals surface area (Å²) >= 11 is 0. The number of hydrogen-bond acceptors (Lipinski definition) is 2. The predicted octanol–water partition coefficient (Wildman–Crippen LogP) is 1.58. The van der Waals surface area contributed by atoms with Gasteiger partial charge in [0.15, 0.2) is 5.78 Å². The molecule has 0 unspecified atom stereocenters. The summed E-state index contributed by atoms with van der Waals surface area (Å²) in [6.45, 7) is 3.74. The van der Waals surface area contributed by atoms with Crippen molar-refractivity contribution in [3.63, 3.8) is 0 Å². The number of hydrogen-bond donors (Lipinski definition) is 2. The Labute approximate surface area is 95.0 Å². The van der Waals surface area contributed by atoms with Crippen LogP contribution in [0.15, 0.2) is 30.3 Å². The van der Waals surface area contributed by atoms with Crippen molar-refractivity contribution in [2.24, 2.45) is 0 Å². The van der Waals surface area contributed by atoms with Crippen LogP contribution in [-0.4, -0.2) is 24.4 Å². The highest BCUT2D eigenvalue weighted by atomic mass is 16.2. The van der Waals surface area contributed by atoms with E-state index < -0.39 is 0 Å². The number of carbonyl (C=O) groups is 2. The van der Waals surface area contributed by atoms with E-state index in [2.05, 4.69) is 10.6 Å². The van der Waals surface area contributed by atoms with E-state index >= 15 is 0 Å². The van der Waals surface area contributed by atoms with Gasteiger partial charge in [-0.2, -0.15) is 0 Å². The summed E-state index contributed by atoms with van der Waals surface area (Å²) in [5, 5.41) is 5.16. The minimum Gasteiger partial charge on any atom is -0.336 e. The Kier molecular flexibility index (Phi) is 4.51. The molecule has 4 heteroatoms. The summed E-state index contributed by atoms with van der Waals surface area (Å²) in [6.07, 6.45) is 0. The summed E-state index contributed by atoms with van der Waals surface area (Å²) in [5.41, 5.74) is 0.604. The van der Waals surface area contributed by atoms with Gasteiger partial charge in [-0.1, -0.05) is 30.3 Å². The molecule has 0 bridgehead atoms. The maximum absolute atomic E-state index is 11.6. The van der Waals surface area contributed by atoms with Gasteiger partial charge in [0.2, 0.25) is 0 Å². The Morgan fingerprint density at radius 2 is 1.81 bits per heavy atom. The standard InChI is InChI=1S/C12H16N2O2/c1-9(2)14-12(16)13-8-11(15)10-6-4-3-5-7-10/h3-7,9H,8H2,1-2H3,(H2,13,14,16). The van der Waals surface area contributed by atoms with Crippen LogP contribution in [0.1, 0.15) is 24.2 Å². The van der Waals surface area contributed by atoms with Crippen LogP contribution in [0.2, 0.25) is 0 Å². The molecule has 86 valence electrons. The highest BCUT2D eigenvalue weighted by Gasteiger charge is 2.07. The fourth-order valence-corrected chi connectivity index (χ4v) is 1.20. The average molecular weight is 220 g/mol. The lowest BCUT2D eigenvalue weighted by Gasteiger charge is -2.09. The molecule has 0 aromatic heterocycles. The van der Waals surface area contributed by atoms with Gasteiger partial charge in [0.25, 0.3) is 0 Å². The molecule has 0 aliphatic rings.